The molecule has 1 aliphatic heterocycles. The first kappa shape index (κ1) is 31.1. The summed E-state index contributed by atoms with van der Waals surface area (Å²) in [6.45, 7) is 10.1. The smallest absolute Gasteiger partial charge is 0.267 e. The average molecular weight is 506 g/mol. The minimum atomic E-state index is -0.791. The van der Waals surface area contributed by atoms with E-state index in [4.69, 9.17) is 15.2 Å². The van der Waals surface area contributed by atoms with Crippen LogP contribution in [0.1, 0.15) is 49.7 Å². The third-order valence-corrected chi connectivity index (χ3v) is 4.98. The lowest BCUT2D eigenvalue weighted by molar-refractivity contribution is -0.126. The Morgan fingerprint density at radius 1 is 1.17 bits per heavy atom. The number of rotatable bonds is 11. The van der Waals surface area contributed by atoms with Crippen molar-refractivity contribution in [1.29, 1.82) is 0 Å². The quantitative estimate of drug-likeness (QED) is 0.346. The van der Waals surface area contributed by atoms with Crippen molar-refractivity contribution in [1.82, 2.24) is 15.6 Å². The predicted octanol–water partition coefficient (Wildman–Crippen LogP) is 2.86. The third-order valence-electron chi connectivity index (χ3n) is 4.98. The first-order valence-corrected chi connectivity index (χ1v) is 12.3. The van der Waals surface area contributed by atoms with Gasteiger partial charge in [-0.05, 0) is 38.4 Å². The van der Waals surface area contributed by atoms with E-state index in [2.05, 4.69) is 45.2 Å². The fraction of sp³-hybridized carbons (Fsp3) is 0.500. The monoisotopic (exact) mass is 505 g/mol. The van der Waals surface area contributed by atoms with Crippen molar-refractivity contribution in [2.75, 3.05) is 38.7 Å². The van der Waals surface area contributed by atoms with Crippen molar-refractivity contribution in [3.63, 3.8) is 0 Å². The number of aromatic nitrogens is 1. The number of ether oxygens (including phenoxy) is 2. The molecule has 2 aromatic rings. The van der Waals surface area contributed by atoms with Crippen molar-refractivity contribution in [3.8, 4) is 0 Å². The third kappa shape index (κ3) is 12.2. The molecule has 10 heteroatoms. The predicted molar refractivity (Wildman–Crippen MR) is 139 cm³/mol. The summed E-state index contributed by atoms with van der Waals surface area (Å²) in [6.07, 6.45) is 1.62. The number of pyridine rings is 1. The molecule has 1 aromatic heterocycles. The minimum Gasteiger partial charge on any atom is -0.379 e. The van der Waals surface area contributed by atoms with E-state index in [1.54, 1.807) is 0 Å². The number of hydrogen-bond donors (Lipinski definition) is 4. The maximum absolute atomic E-state index is 13.5. The lowest BCUT2D eigenvalue weighted by Crippen LogP contribution is -2.28. The second kappa shape index (κ2) is 18.4. The zero-order valence-corrected chi connectivity index (χ0v) is 21.7. The molecule has 0 radical (unpaired) electrons. The van der Waals surface area contributed by atoms with Crippen LogP contribution in [-0.4, -0.2) is 62.4 Å². The Bertz CT molecular complexity index is 901. The summed E-state index contributed by atoms with van der Waals surface area (Å²) < 4.78 is 24.2. The van der Waals surface area contributed by atoms with Crippen LogP contribution in [0.2, 0.25) is 0 Å². The molecular weight excluding hydrogens is 465 g/mol. The molecule has 200 valence electrons. The molecule has 5 N–H and O–H groups in total. The molecule has 2 unspecified atom stereocenters. The van der Waals surface area contributed by atoms with Crippen LogP contribution in [0.4, 0.5) is 10.1 Å². The fourth-order valence-electron chi connectivity index (χ4n) is 3.13. The molecule has 1 aromatic carbocycles. The van der Waals surface area contributed by atoms with Crippen molar-refractivity contribution in [3.05, 3.63) is 59.7 Å². The number of nitrogens with zero attached hydrogens (tertiary/aromatic N) is 1. The van der Waals surface area contributed by atoms with Gasteiger partial charge in [-0.15, -0.1) is 0 Å². The number of halogens is 1. The Morgan fingerprint density at radius 2 is 1.86 bits per heavy atom. The molecule has 3 rings (SSSR count). The second-order valence-corrected chi connectivity index (χ2v) is 7.79. The Hall–Kier alpha value is -2.92. The van der Waals surface area contributed by atoms with Gasteiger partial charge in [0.15, 0.2) is 5.82 Å². The maximum Gasteiger partial charge on any atom is 0.267 e. The second-order valence-electron chi connectivity index (χ2n) is 7.79. The summed E-state index contributed by atoms with van der Waals surface area (Å²) in [5.41, 5.74) is 6.11. The molecule has 2 heterocycles. The van der Waals surface area contributed by atoms with Gasteiger partial charge in [-0.1, -0.05) is 44.2 Å². The van der Waals surface area contributed by atoms with Crippen LogP contribution in [0.3, 0.4) is 0 Å². The number of benzene rings is 1. The van der Waals surface area contributed by atoms with E-state index in [-0.39, 0.29) is 17.5 Å². The van der Waals surface area contributed by atoms with Gasteiger partial charge in [0.05, 0.1) is 31.2 Å². The standard InChI is InChI=1S/C12H14FN3O3.C12H20N2O.C2H6/c1-6-2-3-10(19-6)12(18)16-8-4-9(11(14)17)15-5-7(8)13;1-13-7-9-15-10-8-14-11-12-5-3-2-4-6-12;1-2/h4-6,10H,2-3H2,1H3,(H2,14,17)(H,15,16,18);2-6,13-14H,7-11H2,1H3;1-2H3. The summed E-state index contributed by atoms with van der Waals surface area (Å²) in [5, 5.41) is 8.75. The summed E-state index contributed by atoms with van der Waals surface area (Å²) in [4.78, 5) is 26.3. The van der Waals surface area contributed by atoms with Crippen LogP contribution in [0.25, 0.3) is 0 Å². The number of hydrogen-bond acceptors (Lipinski definition) is 7. The van der Waals surface area contributed by atoms with E-state index < -0.39 is 23.7 Å². The molecule has 1 fully saturated rings. The Kier molecular flexibility index (Phi) is 15.9. The van der Waals surface area contributed by atoms with Crippen LogP contribution in [-0.2, 0) is 20.8 Å². The number of carbonyl (C=O) groups excluding carboxylic acids is 2. The topological polar surface area (TPSA) is 128 Å². The molecule has 0 bridgehead atoms. The van der Waals surface area contributed by atoms with Crippen molar-refractivity contribution in [2.45, 2.75) is 52.4 Å². The molecule has 36 heavy (non-hydrogen) atoms. The zero-order valence-electron chi connectivity index (χ0n) is 21.7. The molecule has 2 atom stereocenters. The van der Waals surface area contributed by atoms with Crippen LogP contribution in [0, 0.1) is 5.82 Å². The van der Waals surface area contributed by atoms with Crippen LogP contribution >= 0.6 is 0 Å². The molecule has 2 amide bonds. The first-order chi connectivity index (χ1) is 17.4. The molecule has 9 nitrogen and oxygen atoms in total. The van der Waals surface area contributed by atoms with Crippen molar-refractivity contribution >= 4 is 17.5 Å². The molecule has 0 aliphatic carbocycles. The van der Waals surface area contributed by atoms with E-state index >= 15 is 0 Å². The van der Waals surface area contributed by atoms with Gasteiger partial charge in [0, 0.05) is 19.6 Å². The van der Waals surface area contributed by atoms with Gasteiger partial charge < -0.3 is 31.2 Å². The van der Waals surface area contributed by atoms with E-state index in [1.165, 1.54) is 5.56 Å². The summed E-state index contributed by atoms with van der Waals surface area (Å²) >= 11 is 0. The highest BCUT2D eigenvalue weighted by Crippen LogP contribution is 2.21. The molecule has 0 spiro atoms. The number of primary amides is 1. The van der Waals surface area contributed by atoms with E-state index in [0.717, 1.165) is 51.5 Å². The normalized spacial score (nSPS) is 16.2. The number of anilines is 1. The SMILES string of the molecule is CC.CC1CCC(C(=O)Nc2cc(C(N)=O)ncc2F)O1.CNCCOCCNCc1ccccc1. The van der Waals surface area contributed by atoms with Gasteiger partial charge in [-0.25, -0.2) is 9.37 Å². The number of amides is 2. The van der Waals surface area contributed by atoms with Crippen LogP contribution < -0.4 is 21.7 Å². The van der Waals surface area contributed by atoms with Gasteiger partial charge >= 0.3 is 0 Å². The fourth-order valence-corrected chi connectivity index (χ4v) is 3.13. The number of carbonyl (C=O) groups is 2. The molecule has 0 saturated carbocycles. The highest BCUT2D eigenvalue weighted by atomic mass is 19.1. The molecule has 1 saturated heterocycles. The van der Waals surface area contributed by atoms with Crippen molar-refractivity contribution in [2.24, 2.45) is 5.73 Å². The summed E-state index contributed by atoms with van der Waals surface area (Å²) in [7, 11) is 1.93. The maximum atomic E-state index is 13.5. The average Bonchev–Trinajstić information content (AvgIpc) is 3.33. The Morgan fingerprint density at radius 3 is 2.47 bits per heavy atom. The summed E-state index contributed by atoms with van der Waals surface area (Å²) in [5.74, 6) is -1.96. The number of likely N-dealkylation sites (N-methyl/N-ethyl adjacent to an activating group) is 1. The number of nitrogens with one attached hydrogen (secondary N) is 3. The van der Waals surface area contributed by atoms with Crippen LogP contribution in [0.5, 0.6) is 0 Å². The van der Waals surface area contributed by atoms with E-state index in [0.29, 0.717) is 6.42 Å². The largest absolute Gasteiger partial charge is 0.379 e. The van der Waals surface area contributed by atoms with Gasteiger partial charge in [0.2, 0.25) is 0 Å². The lowest BCUT2D eigenvalue weighted by Gasteiger charge is -2.12. The Balaban J connectivity index is 0.000000346. The number of nitrogens with two attached hydrogens (primary N) is 1. The van der Waals surface area contributed by atoms with Gasteiger partial charge in [-0.2, -0.15) is 0 Å². The van der Waals surface area contributed by atoms with Gasteiger partial charge in [0.25, 0.3) is 11.8 Å². The van der Waals surface area contributed by atoms with E-state index in [1.807, 2.05) is 33.9 Å². The highest BCUT2D eigenvalue weighted by molar-refractivity contribution is 5.96. The zero-order chi connectivity index (χ0) is 26.8. The first-order valence-electron chi connectivity index (χ1n) is 12.3. The lowest BCUT2D eigenvalue weighted by atomic mass is 10.2. The highest BCUT2D eigenvalue weighted by Gasteiger charge is 2.28. The minimum absolute atomic E-state index is 0.0132. The molecule has 1 aliphatic rings. The van der Waals surface area contributed by atoms with E-state index in [9.17, 15) is 14.0 Å². The van der Waals surface area contributed by atoms with Crippen molar-refractivity contribution < 1.29 is 23.5 Å². The van der Waals surface area contributed by atoms with Gasteiger partial charge in [0.1, 0.15) is 11.8 Å². The van der Waals surface area contributed by atoms with Gasteiger partial charge in [-0.3, -0.25) is 9.59 Å². The summed E-state index contributed by atoms with van der Waals surface area (Å²) in [6, 6.07) is 11.5. The molecular formula is C26H40FN5O4. The Labute approximate surface area is 213 Å². The van der Waals surface area contributed by atoms with Crippen LogP contribution in [0.15, 0.2) is 42.6 Å².